The fraction of sp³-hybridized carbons (Fsp3) is 0.556. The molecule has 0 bridgehead atoms. The zero-order valence-electron chi connectivity index (χ0n) is 7.72. The van der Waals surface area contributed by atoms with Gasteiger partial charge in [-0.1, -0.05) is 0 Å². The molecule has 0 unspecified atom stereocenters. The van der Waals surface area contributed by atoms with E-state index in [0.29, 0.717) is 6.54 Å². The maximum absolute atomic E-state index is 5.50. The van der Waals surface area contributed by atoms with E-state index in [2.05, 4.69) is 24.1 Å². The topological polar surface area (TPSA) is 53.8 Å². The largest absolute Gasteiger partial charge is 0.379 e. The molecular weight excluding hydrogens is 150 g/mol. The Morgan fingerprint density at radius 1 is 1.58 bits per heavy atom. The predicted molar refractivity (Wildman–Crippen MR) is 52.2 cm³/mol. The number of nitrogens with one attached hydrogen (secondary N) is 2. The van der Waals surface area contributed by atoms with Gasteiger partial charge in [0.05, 0.1) is 5.69 Å². The molecule has 0 aromatic carbocycles. The van der Waals surface area contributed by atoms with Gasteiger partial charge in [-0.15, -0.1) is 0 Å². The van der Waals surface area contributed by atoms with Gasteiger partial charge in [0, 0.05) is 17.9 Å². The smallest absolute Gasteiger partial charge is 0.0521 e. The number of H-pyrrole nitrogens is 1. The van der Waals surface area contributed by atoms with Gasteiger partial charge < -0.3 is 16.0 Å². The molecule has 0 radical (unpaired) electrons. The molecule has 1 aromatic heterocycles. The number of nitrogens with two attached hydrogens (primary N) is 1. The summed E-state index contributed by atoms with van der Waals surface area (Å²) in [5.74, 6) is 0. The summed E-state index contributed by atoms with van der Waals surface area (Å²) in [6, 6.07) is 2.01. The molecule has 1 rings (SSSR count). The van der Waals surface area contributed by atoms with Crippen molar-refractivity contribution in [3.05, 3.63) is 18.5 Å². The summed E-state index contributed by atoms with van der Waals surface area (Å²) < 4.78 is 0. The van der Waals surface area contributed by atoms with Crippen LogP contribution in [0.3, 0.4) is 0 Å². The van der Waals surface area contributed by atoms with E-state index in [1.165, 1.54) is 0 Å². The number of anilines is 1. The van der Waals surface area contributed by atoms with Crippen molar-refractivity contribution in [2.45, 2.75) is 25.8 Å². The molecular formula is C9H17N3. The molecule has 0 fully saturated rings. The first kappa shape index (κ1) is 9.13. The highest BCUT2D eigenvalue weighted by molar-refractivity contribution is 5.42. The van der Waals surface area contributed by atoms with Crippen LogP contribution in [-0.2, 0) is 0 Å². The Morgan fingerprint density at radius 3 is 2.83 bits per heavy atom. The molecule has 0 amide bonds. The Kier molecular flexibility index (Phi) is 2.76. The van der Waals surface area contributed by atoms with E-state index in [9.17, 15) is 0 Å². The zero-order chi connectivity index (χ0) is 9.03. The highest BCUT2D eigenvalue weighted by Crippen LogP contribution is 2.16. The van der Waals surface area contributed by atoms with Gasteiger partial charge in [-0.3, -0.25) is 0 Å². The van der Waals surface area contributed by atoms with Gasteiger partial charge in [-0.05, 0) is 32.9 Å². The van der Waals surface area contributed by atoms with Crippen molar-refractivity contribution in [1.82, 2.24) is 4.98 Å². The number of aromatic nitrogens is 1. The normalized spacial score (nSPS) is 11.6. The lowest BCUT2D eigenvalue weighted by molar-refractivity contribution is 0.527. The van der Waals surface area contributed by atoms with Crippen molar-refractivity contribution in [2.75, 3.05) is 11.9 Å². The second kappa shape index (κ2) is 3.63. The average Bonchev–Trinajstić information content (AvgIpc) is 2.38. The Balaban J connectivity index is 2.50. The van der Waals surface area contributed by atoms with Gasteiger partial charge in [-0.2, -0.15) is 0 Å². The van der Waals surface area contributed by atoms with Crippen molar-refractivity contribution in [1.29, 1.82) is 0 Å². The molecule has 4 N–H and O–H groups in total. The summed E-state index contributed by atoms with van der Waals surface area (Å²) >= 11 is 0. The van der Waals surface area contributed by atoms with Gasteiger partial charge in [0.1, 0.15) is 0 Å². The highest BCUT2D eigenvalue weighted by atomic mass is 15.0. The van der Waals surface area contributed by atoms with Crippen molar-refractivity contribution < 1.29 is 0 Å². The lowest BCUT2D eigenvalue weighted by Crippen LogP contribution is -2.33. The second-order valence-electron chi connectivity index (χ2n) is 3.65. The fourth-order valence-corrected chi connectivity index (χ4v) is 1.22. The molecule has 3 heteroatoms. The third-order valence-corrected chi connectivity index (χ3v) is 1.85. The monoisotopic (exact) mass is 167 g/mol. The van der Waals surface area contributed by atoms with Gasteiger partial charge in [0.15, 0.2) is 0 Å². The van der Waals surface area contributed by atoms with Crippen molar-refractivity contribution >= 4 is 5.69 Å². The SMILES string of the molecule is CC(C)(CCN)Nc1cc[nH]c1. The Hall–Kier alpha value is -0.960. The number of rotatable bonds is 4. The molecule has 0 saturated carbocycles. The van der Waals surface area contributed by atoms with Crippen LogP contribution in [0.15, 0.2) is 18.5 Å². The van der Waals surface area contributed by atoms with Crippen LogP contribution in [0.1, 0.15) is 20.3 Å². The van der Waals surface area contributed by atoms with E-state index in [-0.39, 0.29) is 5.54 Å². The number of hydrogen-bond acceptors (Lipinski definition) is 2. The molecule has 0 aliphatic carbocycles. The van der Waals surface area contributed by atoms with E-state index in [1.54, 1.807) is 0 Å². The molecule has 1 heterocycles. The van der Waals surface area contributed by atoms with Gasteiger partial charge >= 0.3 is 0 Å². The molecule has 0 aliphatic heterocycles. The summed E-state index contributed by atoms with van der Waals surface area (Å²) in [7, 11) is 0. The lowest BCUT2D eigenvalue weighted by Gasteiger charge is -2.26. The first-order chi connectivity index (χ1) is 5.64. The molecule has 0 aliphatic rings. The summed E-state index contributed by atoms with van der Waals surface area (Å²) in [5, 5.41) is 3.39. The van der Waals surface area contributed by atoms with Crippen molar-refractivity contribution in [2.24, 2.45) is 5.73 Å². The van der Waals surface area contributed by atoms with Crippen LogP contribution in [0.25, 0.3) is 0 Å². The highest BCUT2D eigenvalue weighted by Gasteiger charge is 2.15. The van der Waals surface area contributed by atoms with Crippen LogP contribution in [0.2, 0.25) is 0 Å². The third kappa shape index (κ3) is 2.58. The summed E-state index contributed by atoms with van der Waals surface area (Å²) in [6.45, 7) is 5.00. The molecule has 1 aromatic rings. The van der Waals surface area contributed by atoms with Crippen LogP contribution in [0, 0.1) is 0 Å². The van der Waals surface area contributed by atoms with Crippen LogP contribution < -0.4 is 11.1 Å². The van der Waals surface area contributed by atoms with Gasteiger partial charge in [-0.25, -0.2) is 0 Å². The van der Waals surface area contributed by atoms with Crippen LogP contribution in [0.4, 0.5) is 5.69 Å². The Morgan fingerprint density at radius 2 is 2.33 bits per heavy atom. The molecule has 0 saturated heterocycles. The fourth-order valence-electron chi connectivity index (χ4n) is 1.22. The van der Waals surface area contributed by atoms with E-state index in [0.717, 1.165) is 12.1 Å². The van der Waals surface area contributed by atoms with Crippen molar-refractivity contribution in [3.8, 4) is 0 Å². The van der Waals surface area contributed by atoms with Crippen LogP contribution >= 0.6 is 0 Å². The third-order valence-electron chi connectivity index (χ3n) is 1.85. The van der Waals surface area contributed by atoms with Crippen molar-refractivity contribution in [3.63, 3.8) is 0 Å². The quantitative estimate of drug-likeness (QED) is 0.637. The maximum atomic E-state index is 5.50. The molecule has 68 valence electrons. The van der Waals surface area contributed by atoms with E-state index < -0.39 is 0 Å². The standard InChI is InChI=1S/C9H17N3/c1-9(2,4-5-10)12-8-3-6-11-7-8/h3,6-7,11-12H,4-5,10H2,1-2H3. The molecule has 3 nitrogen and oxygen atoms in total. The van der Waals surface area contributed by atoms with E-state index in [4.69, 9.17) is 5.73 Å². The molecule has 12 heavy (non-hydrogen) atoms. The maximum Gasteiger partial charge on any atom is 0.0521 e. The first-order valence-corrected chi connectivity index (χ1v) is 4.25. The van der Waals surface area contributed by atoms with Crippen LogP contribution in [0.5, 0.6) is 0 Å². The second-order valence-corrected chi connectivity index (χ2v) is 3.65. The van der Waals surface area contributed by atoms with E-state index >= 15 is 0 Å². The van der Waals surface area contributed by atoms with E-state index in [1.807, 2.05) is 18.5 Å². The minimum atomic E-state index is 0.0803. The molecule has 0 atom stereocenters. The zero-order valence-corrected chi connectivity index (χ0v) is 7.72. The predicted octanol–water partition coefficient (Wildman–Crippen LogP) is 1.55. The average molecular weight is 167 g/mol. The summed E-state index contributed by atoms with van der Waals surface area (Å²) in [4.78, 5) is 3.00. The minimum absolute atomic E-state index is 0.0803. The summed E-state index contributed by atoms with van der Waals surface area (Å²) in [5.41, 5.74) is 6.70. The summed E-state index contributed by atoms with van der Waals surface area (Å²) in [6.07, 6.45) is 4.82. The number of aromatic amines is 1. The molecule has 0 spiro atoms. The lowest BCUT2D eigenvalue weighted by atomic mass is 10.0. The van der Waals surface area contributed by atoms with Crippen LogP contribution in [-0.4, -0.2) is 17.1 Å². The Labute approximate surface area is 73.4 Å². The Bertz CT molecular complexity index is 214. The minimum Gasteiger partial charge on any atom is -0.379 e. The van der Waals surface area contributed by atoms with Gasteiger partial charge in [0.2, 0.25) is 0 Å². The first-order valence-electron chi connectivity index (χ1n) is 4.25. The number of hydrogen-bond donors (Lipinski definition) is 3. The van der Waals surface area contributed by atoms with Gasteiger partial charge in [0.25, 0.3) is 0 Å².